The molecule has 0 unspecified atom stereocenters. The van der Waals surface area contributed by atoms with Crippen LogP contribution in [-0.2, 0) is 6.54 Å². The van der Waals surface area contributed by atoms with Gasteiger partial charge in [0.25, 0.3) is 0 Å². The third-order valence-corrected chi connectivity index (χ3v) is 5.38. The Bertz CT molecular complexity index is 521. The van der Waals surface area contributed by atoms with Crippen molar-refractivity contribution in [2.75, 3.05) is 13.6 Å². The monoisotopic (exact) mass is 357 g/mol. The molecule has 0 aliphatic carbocycles. The summed E-state index contributed by atoms with van der Waals surface area (Å²) in [5, 5.41) is 4.05. The van der Waals surface area contributed by atoms with Crippen molar-refractivity contribution in [3.8, 4) is 0 Å². The van der Waals surface area contributed by atoms with Crippen LogP contribution in [0.4, 0.5) is 0 Å². The van der Waals surface area contributed by atoms with Crippen molar-refractivity contribution in [2.24, 2.45) is 0 Å². The van der Waals surface area contributed by atoms with Crippen LogP contribution < -0.4 is 0 Å². The van der Waals surface area contributed by atoms with Gasteiger partial charge >= 0.3 is 0 Å². The fourth-order valence-corrected chi connectivity index (χ4v) is 4.08. The molecule has 2 nitrogen and oxygen atoms in total. The molecule has 2 heterocycles. The third kappa shape index (κ3) is 4.84. The van der Waals surface area contributed by atoms with Gasteiger partial charge in [0, 0.05) is 27.7 Å². The van der Waals surface area contributed by atoms with E-state index >= 15 is 0 Å². The van der Waals surface area contributed by atoms with Crippen LogP contribution in [0.2, 0.25) is 0 Å². The number of hydrogen-bond acceptors (Lipinski definition) is 4. The van der Waals surface area contributed by atoms with E-state index in [1.807, 2.05) is 17.5 Å². The zero-order valence-corrected chi connectivity index (χ0v) is 14.0. The second-order valence-corrected chi connectivity index (χ2v) is 7.33. The number of carbonyl (C=O) groups is 1. The van der Waals surface area contributed by atoms with Gasteiger partial charge in [0.1, 0.15) is 0 Å². The fourth-order valence-electron chi connectivity index (χ4n) is 1.85. The van der Waals surface area contributed by atoms with Crippen LogP contribution in [-0.4, -0.2) is 24.3 Å². The van der Waals surface area contributed by atoms with E-state index in [2.05, 4.69) is 39.3 Å². The van der Waals surface area contributed by atoms with Crippen LogP contribution in [0.3, 0.4) is 0 Å². The topological polar surface area (TPSA) is 20.3 Å². The van der Waals surface area contributed by atoms with Crippen LogP contribution >= 0.6 is 38.6 Å². The van der Waals surface area contributed by atoms with E-state index in [0.717, 1.165) is 28.9 Å². The summed E-state index contributed by atoms with van der Waals surface area (Å²) in [6.45, 7) is 1.90. The molecule has 0 aliphatic rings. The van der Waals surface area contributed by atoms with Crippen molar-refractivity contribution in [3.05, 3.63) is 43.2 Å². The summed E-state index contributed by atoms with van der Waals surface area (Å²) in [7, 11) is 2.10. The van der Waals surface area contributed by atoms with Gasteiger partial charge in [-0.15, -0.1) is 22.7 Å². The van der Waals surface area contributed by atoms with Crippen LogP contribution in [0.15, 0.2) is 33.4 Å². The summed E-state index contributed by atoms with van der Waals surface area (Å²) >= 11 is 6.75. The maximum absolute atomic E-state index is 11.8. The molecular formula is C14H16BrNOS2. The first-order valence-corrected chi connectivity index (χ1v) is 8.68. The number of Topliss-reactive ketones (excluding diaryl/α,β-unsaturated/α-hetero) is 1. The summed E-state index contributed by atoms with van der Waals surface area (Å²) in [5.74, 6) is 0.266. The maximum Gasteiger partial charge on any atom is 0.172 e. The molecule has 19 heavy (non-hydrogen) atoms. The lowest BCUT2D eigenvalue weighted by molar-refractivity contribution is 0.0980. The molecule has 102 valence electrons. The van der Waals surface area contributed by atoms with Crippen LogP contribution in [0.1, 0.15) is 27.4 Å². The Morgan fingerprint density at radius 3 is 2.89 bits per heavy atom. The van der Waals surface area contributed by atoms with Crippen LogP contribution in [0.5, 0.6) is 0 Å². The lowest BCUT2D eigenvalue weighted by atomic mass is 10.2. The number of halogens is 1. The standard InChI is InChI=1S/C14H16BrNOS2/c1-16(9-12-8-11(15)10-19-12)6-2-4-13(17)14-5-3-7-18-14/h3,5,7-8,10H,2,4,6,9H2,1H3. The smallest absolute Gasteiger partial charge is 0.172 e. The molecular weight excluding hydrogens is 342 g/mol. The minimum Gasteiger partial charge on any atom is -0.301 e. The molecule has 0 aliphatic heterocycles. The normalized spacial score (nSPS) is 11.1. The number of rotatable bonds is 7. The van der Waals surface area contributed by atoms with Gasteiger partial charge in [-0.05, 0) is 53.5 Å². The molecule has 0 fully saturated rings. The van der Waals surface area contributed by atoms with Gasteiger partial charge < -0.3 is 4.90 Å². The molecule has 2 rings (SSSR count). The molecule has 2 aromatic rings. The average molecular weight is 358 g/mol. The number of ketones is 1. The summed E-state index contributed by atoms with van der Waals surface area (Å²) in [6, 6.07) is 5.98. The van der Waals surface area contributed by atoms with E-state index in [1.165, 1.54) is 16.2 Å². The fraction of sp³-hybridized carbons (Fsp3) is 0.357. The number of hydrogen-bond donors (Lipinski definition) is 0. The van der Waals surface area contributed by atoms with Crippen LogP contribution in [0.25, 0.3) is 0 Å². The zero-order valence-electron chi connectivity index (χ0n) is 10.8. The van der Waals surface area contributed by atoms with Crippen molar-refractivity contribution in [1.82, 2.24) is 4.90 Å². The van der Waals surface area contributed by atoms with E-state index < -0.39 is 0 Å². The lowest BCUT2D eigenvalue weighted by Gasteiger charge is -2.14. The van der Waals surface area contributed by atoms with Crippen LogP contribution in [0, 0.1) is 0 Å². The number of carbonyl (C=O) groups excluding carboxylic acids is 1. The van der Waals surface area contributed by atoms with E-state index in [1.54, 1.807) is 11.3 Å². The highest BCUT2D eigenvalue weighted by Gasteiger charge is 2.08. The third-order valence-electron chi connectivity index (χ3n) is 2.79. The van der Waals surface area contributed by atoms with Gasteiger partial charge in [0.15, 0.2) is 5.78 Å². The second-order valence-electron chi connectivity index (χ2n) is 4.47. The molecule has 0 spiro atoms. The predicted octanol–water partition coefficient (Wildman–Crippen LogP) is 4.67. The Morgan fingerprint density at radius 1 is 1.42 bits per heavy atom. The summed E-state index contributed by atoms with van der Waals surface area (Å²) < 4.78 is 1.15. The molecule has 2 aromatic heterocycles. The first-order valence-electron chi connectivity index (χ1n) is 6.13. The predicted molar refractivity (Wildman–Crippen MR) is 86.2 cm³/mol. The molecule has 0 saturated heterocycles. The molecule has 0 atom stereocenters. The van der Waals surface area contributed by atoms with Gasteiger partial charge in [0.05, 0.1) is 4.88 Å². The van der Waals surface area contributed by atoms with Gasteiger partial charge in [0.2, 0.25) is 0 Å². The number of thiophene rings is 2. The number of nitrogens with zero attached hydrogens (tertiary/aromatic N) is 1. The summed E-state index contributed by atoms with van der Waals surface area (Å²) in [5.41, 5.74) is 0. The minimum atomic E-state index is 0.266. The molecule has 0 radical (unpaired) electrons. The highest BCUT2D eigenvalue weighted by atomic mass is 79.9. The molecule has 0 aromatic carbocycles. The van der Waals surface area contributed by atoms with Crippen molar-refractivity contribution >= 4 is 44.4 Å². The van der Waals surface area contributed by atoms with Gasteiger partial charge in [-0.2, -0.15) is 0 Å². The van der Waals surface area contributed by atoms with Crippen molar-refractivity contribution < 1.29 is 4.79 Å². The highest BCUT2D eigenvalue weighted by molar-refractivity contribution is 9.10. The van der Waals surface area contributed by atoms with Gasteiger partial charge in [-0.25, -0.2) is 0 Å². The first kappa shape index (κ1) is 14.9. The quantitative estimate of drug-likeness (QED) is 0.671. The van der Waals surface area contributed by atoms with E-state index in [-0.39, 0.29) is 5.78 Å². The molecule has 0 N–H and O–H groups in total. The Hall–Kier alpha value is -0.490. The van der Waals surface area contributed by atoms with E-state index in [0.29, 0.717) is 6.42 Å². The zero-order chi connectivity index (χ0) is 13.7. The van der Waals surface area contributed by atoms with E-state index in [4.69, 9.17) is 0 Å². The molecule has 0 saturated carbocycles. The van der Waals surface area contributed by atoms with Crippen molar-refractivity contribution in [1.29, 1.82) is 0 Å². The van der Waals surface area contributed by atoms with Gasteiger partial charge in [-0.3, -0.25) is 4.79 Å². The van der Waals surface area contributed by atoms with E-state index in [9.17, 15) is 4.79 Å². The Kier molecular flexibility index (Phi) is 5.76. The molecule has 0 amide bonds. The Morgan fingerprint density at radius 2 is 2.26 bits per heavy atom. The van der Waals surface area contributed by atoms with Crippen molar-refractivity contribution in [3.63, 3.8) is 0 Å². The first-order chi connectivity index (χ1) is 9.15. The Balaban J connectivity index is 1.69. The highest BCUT2D eigenvalue weighted by Crippen LogP contribution is 2.21. The Labute approximate surface area is 130 Å². The summed E-state index contributed by atoms with van der Waals surface area (Å²) in [4.78, 5) is 16.3. The maximum atomic E-state index is 11.8. The van der Waals surface area contributed by atoms with Crippen molar-refractivity contribution in [2.45, 2.75) is 19.4 Å². The molecule has 0 bridgehead atoms. The SMILES string of the molecule is CN(CCCC(=O)c1cccs1)Cc1cc(Br)cs1. The minimum absolute atomic E-state index is 0.266. The molecule has 5 heteroatoms. The largest absolute Gasteiger partial charge is 0.301 e. The lowest BCUT2D eigenvalue weighted by Crippen LogP contribution is -2.19. The average Bonchev–Trinajstić information content (AvgIpc) is 3.00. The second kappa shape index (κ2) is 7.33. The summed E-state index contributed by atoms with van der Waals surface area (Å²) in [6.07, 6.45) is 1.55. The van der Waals surface area contributed by atoms with Gasteiger partial charge in [-0.1, -0.05) is 6.07 Å².